The van der Waals surface area contributed by atoms with Gasteiger partial charge in [0.25, 0.3) is 0 Å². The summed E-state index contributed by atoms with van der Waals surface area (Å²) in [5, 5.41) is 12.4. The quantitative estimate of drug-likeness (QED) is 0.751. The van der Waals surface area contributed by atoms with E-state index in [0.29, 0.717) is 11.6 Å². The fourth-order valence-corrected chi connectivity index (χ4v) is 3.14. The molecule has 0 bridgehead atoms. The maximum Gasteiger partial charge on any atom is 0.226 e. The first-order valence-electron chi connectivity index (χ1n) is 7.87. The van der Waals surface area contributed by atoms with Crippen molar-refractivity contribution in [1.82, 2.24) is 10.2 Å². The summed E-state index contributed by atoms with van der Waals surface area (Å²) in [6, 6.07) is 16.1. The molecule has 1 aromatic heterocycles. The van der Waals surface area contributed by atoms with Crippen molar-refractivity contribution in [3.63, 3.8) is 0 Å². The number of aromatic nitrogens is 2. The number of anilines is 1. The van der Waals surface area contributed by atoms with E-state index in [1.165, 1.54) is 28.0 Å². The Balaban J connectivity index is 1.57. The molecule has 5 heteroatoms. The number of nitrogens with zero attached hydrogens (tertiary/aromatic N) is 2. The molecule has 0 fully saturated rings. The van der Waals surface area contributed by atoms with Crippen LogP contribution in [-0.2, 0) is 11.2 Å². The van der Waals surface area contributed by atoms with Crippen molar-refractivity contribution in [1.29, 1.82) is 0 Å². The van der Waals surface area contributed by atoms with Crippen molar-refractivity contribution >= 4 is 22.4 Å². The zero-order chi connectivity index (χ0) is 16.9. The molecule has 3 rings (SSSR count). The standard InChI is InChI=1S/C19H19N3OS/c1-13-8-9-15(12-14(13)2)10-11-17(23)20-19-22-21-18(24-19)16-6-4-3-5-7-16/h3-9,12H,10-11H2,1-2H3,(H,20,22,23). The van der Waals surface area contributed by atoms with Gasteiger partial charge in [0.1, 0.15) is 5.01 Å². The Bertz CT molecular complexity index is 843. The third kappa shape index (κ3) is 4.06. The third-order valence-electron chi connectivity index (χ3n) is 3.90. The van der Waals surface area contributed by atoms with Crippen LogP contribution in [0.25, 0.3) is 10.6 Å². The lowest BCUT2D eigenvalue weighted by Crippen LogP contribution is -2.12. The van der Waals surface area contributed by atoms with E-state index in [1.54, 1.807) is 0 Å². The number of nitrogens with one attached hydrogen (secondary N) is 1. The lowest BCUT2D eigenvalue weighted by Gasteiger charge is -2.05. The highest BCUT2D eigenvalue weighted by Gasteiger charge is 2.10. The summed E-state index contributed by atoms with van der Waals surface area (Å²) >= 11 is 1.39. The molecule has 2 aromatic carbocycles. The molecule has 0 unspecified atom stereocenters. The molecule has 4 nitrogen and oxygen atoms in total. The molecule has 0 saturated carbocycles. The number of carbonyl (C=O) groups is 1. The van der Waals surface area contributed by atoms with Gasteiger partial charge in [0.15, 0.2) is 0 Å². The van der Waals surface area contributed by atoms with Gasteiger partial charge in [-0.25, -0.2) is 0 Å². The monoisotopic (exact) mass is 337 g/mol. The summed E-state index contributed by atoms with van der Waals surface area (Å²) in [5.41, 5.74) is 4.70. The smallest absolute Gasteiger partial charge is 0.226 e. The van der Waals surface area contributed by atoms with E-state index in [2.05, 4.69) is 47.6 Å². The van der Waals surface area contributed by atoms with E-state index in [1.807, 2.05) is 30.3 Å². The van der Waals surface area contributed by atoms with E-state index in [9.17, 15) is 4.79 Å². The lowest BCUT2D eigenvalue weighted by molar-refractivity contribution is -0.116. The van der Waals surface area contributed by atoms with Crippen LogP contribution in [0, 0.1) is 13.8 Å². The minimum Gasteiger partial charge on any atom is -0.301 e. The molecule has 0 aliphatic rings. The fraction of sp³-hybridized carbons (Fsp3) is 0.211. The first-order valence-corrected chi connectivity index (χ1v) is 8.68. The molecule has 0 radical (unpaired) electrons. The Morgan fingerprint density at radius 2 is 1.83 bits per heavy atom. The lowest BCUT2D eigenvalue weighted by atomic mass is 10.0. The Morgan fingerprint density at radius 3 is 2.58 bits per heavy atom. The highest BCUT2D eigenvalue weighted by Crippen LogP contribution is 2.26. The molecule has 1 N–H and O–H groups in total. The van der Waals surface area contributed by atoms with E-state index < -0.39 is 0 Å². The van der Waals surface area contributed by atoms with Crippen LogP contribution in [0.1, 0.15) is 23.1 Å². The Morgan fingerprint density at radius 1 is 1.04 bits per heavy atom. The van der Waals surface area contributed by atoms with Gasteiger partial charge in [0.05, 0.1) is 0 Å². The van der Waals surface area contributed by atoms with Gasteiger partial charge in [-0.2, -0.15) is 0 Å². The molecule has 0 atom stereocenters. The predicted molar refractivity (Wildman–Crippen MR) is 98.2 cm³/mol. The number of benzene rings is 2. The van der Waals surface area contributed by atoms with Gasteiger partial charge in [0.2, 0.25) is 11.0 Å². The molecule has 1 heterocycles. The average molecular weight is 337 g/mol. The predicted octanol–water partition coefficient (Wildman–Crippen LogP) is 4.39. The highest BCUT2D eigenvalue weighted by molar-refractivity contribution is 7.18. The summed E-state index contributed by atoms with van der Waals surface area (Å²) in [4.78, 5) is 12.1. The van der Waals surface area contributed by atoms with Crippen LogP contribution in [0.5, 0.6) is 0 Å². The summed E-state index contributed by atoms with van der Waals surface area (Å²) in [6.45, 7) is 4.18. The molecule has 0 aliphatic carbocycles. The van der Waals surface area contributed by atoms with Gasteiger partial charge in [-0.3, -0.25) is 4.79 Å². The number of aryl methyl sites for hydroxylation is 3. The number of hydrogen-bond acceptors (Lipinski definition) is 4. The number of carbonyl (C=O) groups excluding carboxylic acids is 1. The van der Waals surface area contributed by atoms with E-state index in [-0.39, 0.29) is 5.91 Å². The van der Waals surface area contributed by atoms with Crippen molar-refractivity contribution < 1.29 is 4.79 Å². The fourth-order valence-electron chi connectivity index (χ4n) is 2.37. The van der Waals surface area contributed by atoms with E-state index >= 15 is 0 Å². The molecule has 0 spiro atoms. The van der Waals surface area contributed by atoms with Gasteiger partial charge in [-0.1, -0.05) is 59.9 Å². The van der Waals surface area contributed by atoms with Gasteiger partial charge >= 0.3 is 0 Å². The zero-order valence-corrected chi connectivity index (χ0v) is 14.6. The molecule has 3 aromatic rings. The van der Waals surface area contributed by atoms with Crippen molar-refractivity contribution in [2.24, 2.45) is 0 Å². The number of hydrogen-bond donors (Lipinski definition) is 1. The second-order valence-electron chi connectivity index (χ2n) is 5.75. The first-order chi connectivity index (χ1) is 11.6. The van der Waals surface area contributed by atoms with Gasteiger partial charge in [-0.15, -0.1) is 10.2 Å². The highest BCUT2D eigenvalue weighted by atomic mass is 32.1. The Kier molecular flexibility index (Phi) is 5.01. The summed E-state index contributed by atoms with van der Waals surface area (Å²) < 4.78 is 0. The zero-order valence-electron chi connectivity index (χ0n) is 13.7. The van der Waals surface area contributed by atoms with Crippen molar-refractivity contribution in [2.45, 2.75) is 26.7 Å². The summed E-state index contributed by atoms with van der Waals surface area (Å²) in [7, 11) is 0. The Labute approximate surface area is 145 Å². The Hall–Kier alpha value is -2.53. The molecular weight excluding hydrogens is 318 g/mol. The number of amides is 1. The van der Waals surface area contributed by atoms with E-state index in [4.69, 9.17) is 0 Å². The van der Waals surface area contributed by atoms with Crippen LogP contribution in [-0.4, -0.2) is 16.1 Å². The maximum atomic E-state index is 12.1. The molecular formula is C19H19N3OS. The van der Waals surface area contributed by atoms with Crippen LogP contribution < -0.4 is 5.32 Å². The van der Waals surface area contributed by atoms with Crippen molar-refractivity contribution in [3.8, 4) is 10.6 Å². The van der Waals surface area contributed by atoms with Crippen LogP contribution in [0.4, 0.5) is 5.13 Å². The maximum absolute atomic E-state index is 12.1. The van der Waals surface area contributed by atoms with Gasteiger partial charge < -0.3 is 5.32 Å². The van der Waals surface area contributed by atoms with Crippen LogP contribution >= 0.6 is 11.3 Å². The second-order valence-corrected chi connectivity index (χ2v) is 6.72. The normalized spacial score (nSPS) is 10.6. The summed E-state index contributed by atoms with van der Waals surface area (Å²) in [6.07, 6.45) is 1.15. The SMILES string of the molecule is Cc1ccc(CCC(=O)Nc2nnc(-c3ccccc3)s2)cc1C. The summed E-state index contributed by atoms with van der Waals surface area (Å²) in [5.74, 6) is -0.0380. The van der Waals surface area contributed by atoms with Crippen LogP contribution in [0.15, 0.2) is 48.5 Å². The minimum atomic E-state index is -0.0380. The second kappa shape index (κ2) is 7.36. The topological polar surface area (TPSA) is 54.9 Å². The average Bonchev–Trinajstić information content (AvgIpc) is 3.05. The largest absolute Gasteiger partial charge is 0.301 e. The van der Waals surface area contributed by atoms with Crippen LogP contribution in [0.2, 0.25) is 0 Å². The molecule has 24 heavy (non-hydrogen) atoms. The van der Waals surface area contributed by atoms with E-state index in [0.717, 1.165) is 17.0 Å². The first kappa shape index (κ1) is 16.3. The molecule has 0 aliphatic heterocycles. The molecule has 1 amide bonds. The number of rotatable bonds is 5. The van der Waals surface area contributed by atoms with Crippen LogP contribution in [0.3, 0.4) is 0 Å². The third-order valence-corrected chi connectivity index (χ3v) is 4.79. The van der Waals surface area contributed by atoms with Crippen molar-refractivity contribution in [2.75, 3.05) is 5.32 Å². The molecule has 0 saturated heterocycles. The minimum absolute atomic E-state index is 0.0380. The van der Waals surface area contributed by atoms with Gasteiger partial charge in [-0.05, 0) is 37.0 Å². The van der Waals surface area contributed by atoms with Gasteiger partial charge in [0, 0.05) is 12.0 Å². The molecule has 122 valence electrons. The van der Waals surface area contributed by atoms with Crippen molar-refractivity contribution in [3.05, 3.63) is 65.2 Å².